The second-order valence-electron chi connectivity index (χ2n) is 6.47. The van der Waals surface area contributed by atoms with Crippen LogP contribution < -0.4 is 14.2 Å². The molecule has 1 amide bonds. The first-order chi connectivity index (χ1) is 14.0. The van der Waals surface area contributed by atoms with Crippen LogP contribution in [0.2, 0.25) is 0 Å². The van der Waals surface area contributed by atoms with E-state index in [2.05, 4.69) is 0 Å². The Morgan fingerprint density at radius 3 is 2.24 bits per heavy atom. The molecule has 0 bridgehead atoms. The van der Waals surface area contributed by atoms with Crippen molar-refractivity contribution in [1.82, 2.24) is 4.90 Å². The van der Waals surface area contributed by atoms with E-state index in [9.17, 15) is 14.0 Å². The number of hydrogen-bond acceptors (Lipinski definition) is 6. The van der Waals surface area contributed by atoms with E-state index in [1.807, 2.05) is 12.1 Å². The number of benzene rings is 2. The number of carbonyl (C=O) groups excluding carboxylic acids is 2. The van der Waals surface area contributed by atoms with Crippen molar-refractivity contribution < 1.29 is 32.9 Å². The Morgan fingerprint density at radius 1 is 0.966 bits per heavy atom. The van der Waals surface area contributed by atoms with Gasteiger partial charge in [-0.15, -0.1) is 0 Å². The minimum absolute atomic E-state index is 0.0110. The first-order valence-corrected chi connectivity index (χ1v) is 8.99. The molecule has 2 aromatic rings. The van der Waals surface area contributed by atoms with E-state index >= 15 is 0 Å². The average Bonchev–Trinajstić information content (AvgIpc) is 2.75. The Kier molecular flexibility index (Phi) is 6.21. The van der Waals surface area contributed by atoms with Crippen molar-refractivity contribution >= 4 is 11.9 Å². The highest BCUT2D eigenvalue weighted by molar-refractivity contribution is 5.91. The molecule has 7 nitrogen and oxygen atoms in total. The lowest BCUT2D eigenvalue weighted by Gasteiger charge is -2.29. The van der Waals surface area contributed by atoms with Gasteiger partial charge in [-0.1, -0.05) is 0 Å². The smallest absolute Gasteiger partial charge is 0.338 e. The van der Waals surface area contributed by atoms with E-state index in [1.54, 1.807) is 19.1 Å². The van der Waals surface area contributed by atoms with E-state index in [0.717, 1.165) is 17.2 Å². The second kappa shape index (κ2) is 8.81. The fourth-order valence-electron chi connectivity index (χ4n) is 3.19. The number of halogens is 1. The number of amides is 1. The first-order valence-electron chi connectivity index (χ1n) is 8.99. The van der Waals surface area contributed by atoms with Crippen LogP contribution in [0.4, 0.5) is 4.39 Å². The molecule has 0 radical (unpaired) electrons. The maximum atomic E-state index is 13.7. The number of fused-ring (bicyclic) bond motifs is 1. The van der Waals surface area contributed by atoms with Gasteiger partial charge in [-0.2, -0.15) is 0 Å². The zero-order chi connectivity index (χ0) is 21.0. The quantitative estimate of drug-likeness (QED) is 0.691. The van der Waals surface area contributed by atoms with Gasteiger partial charge >= 0.3 is 5.97 Å². The van der Waals surface area contributed by atoms with Gasteiger partial charge in [-0.25, -0.2) is 9.18 Å². The maximum absolute atomic E-state index is 13.7. The van der Waals surface area contributed by atoms with E-state index < -0.39 is 18.4 Å². The van der Waals surface area contributed by atoms with Crippen molar-refractivity contribution in [2.45, 2.75) is 13.0 Å². The monoisotopic (exact) mass is 403 g/mol. The molecule has 0 aromatic heterocycles. The third kappa shape index (κ3) is 4.42. The maximum Gasteiger partial charge on any atom is 0.338 e. The van der Waals surface area contributed by atoms with Gasteiger partial charge in [0.25, 0.3) is 5.91 Å². The second-order valence-corrected chi connectivity index (χ2v) is 6.47. The van der Waals surface area contributed by atoms with Crippen LogP contribution >= 0.6 is 0 Å². The molecule has 0 saturated heterocycles. The standard InChI is InChI=1S/C21H22FNO6/c1-26-17-5-4-14(8-16(17)22)21(25)29-12-20(24)23-7-6-13-9-18(27-2)19(28-3)10-15(13)11-23/h4-5,8-10H,6-7,11-12H2,1-3H3. The molecule has 154 valence electrons. The van der Waals surface area contributed by atoms with Gasteiger partial charge in [0.2, 0.25) is 0 Å². The molecule has 0 spiro atoms. The number of hydrogen-bond donors (Lipinski definition) is 0. The van der Waals surface area contributed by atoms with Gasteiger partial charge in [-0.05, 0) is 47.9 Å². The Bertz CT molecular complexity index is 930. The fraction of sp³-hybridized carbons (Fsp3) is 0.333. The van der Waals surface area contributed by atoms with Crippen LogP contribution in [-0.4, -0.2) is 51.3 Å². The molecule has 3 rings (SSSR count). The highest BCUT2D eigenvalue weighted by Crippen LogP contribution is 2.33. The zero-order valence-electron chi connectivity index (χ0n) is 16.5. The van der Waals surface area contributed by atoms with Crippen LogP contribution in [0.15, 0.2) is 30.3 Å². The number of ether oxygens (including phenoxy) is 4. The van der Waals surface area contributed by atoms with Gasteiger partial charge in [-0.3, -0.25) is 4.79 Å². The Balaban J connectivity index is 1.62. The zero-order valence-corrected chi connectivity index (χ0v) is 16.5. The molecule has 1 aliphatic rings. The summed E-state index contributed by atoms with van der Waals surface area (Å²) < 4.78 is 34.2. The summed E-state index contributed by atoms with van der Waals surface area (Å²) in [6, 6.07) is 7.49. The first kappa shape index (κ1) is 20.4. The number of nitrogens with zero attached hydrogens (tertiary/aromatic N) is 1. The summed E-state index contributed by atoms with van der Waals surface area (Å²) in [5.41, 5.74) is 2.04. The van der Waals surface area contributed by atoms with E-state index in [0.29, 0.717) is 31.0 Å². The number of rotatable bonds is 6. The molecule has 0 saturated carbocycles. The van der Waals surface area contributed by atoms with Gasteiger partial charge < -0.3 is 23.8 Å². The SMILES string of the molecule is COc1ccc(C(=O)OCC(=O)N2CCc3cc(OC)c(OC)cc3C2)cc1F. The van der Waals surface area contributed by atoms with E-state index in [-0.39, 0.29) is 17.2 Å². The summed E-state index contributed by atoms with van der Waals surface area (Å²) in [4.78, 5) is 26.2. The Hall–Kier alpha value is -3.29. The van der Waals surface area contributed by atoms with Crippen molar-refractivity contribution in [3.8, 4) is 17.2 Å². The van der Waals surface area contributed by atoms with Gasteiger partial charge in [0.15, 0.2) is 29.7 Å². The summed E-state index contributed by atoms with van der Waals surface area (Å²) in [5, 5.41) is 0. The predicted octanol–water partition coefficient (Wildman–Crippen LogP) is 2.59. The summed E-state index contributed by atoms with van der Waals surface area (Å²) in [6.45, 7) is 0.453. The van der Waals surface area contributed by atoms with E-state index in [1.165, 1.54) is 19.2 Å². The molecule has 8 heteroatoms. The molecule has 29 heavy (non-hydrogen) atoms. The average molecular weight is 403 g/mol. The van der Waals surface area contributed by atoms with E-state index in [4.69, 9.17) is 18.9 Å². The van der Waals surface area contributed by atoms with Crippen molar-refractivity contribution in [2.75, 3.05) is 34.5 Å². The summed E-state index contributed by atoms with van der Waals surface area (Å²) >= 11 is 0. The summed E-state index contributed by atoms with van der Waals surface area (Å²) in [7, 11) is 4.46. The molecule has 0 N–H and O–H groups in total. The fourth-order valence-corrected chi connectivity index (χ4v) is 3.19. The van der Waals surface area contributed by atoms with Crippen LogP contribution in [0.25, 0.3) is 0 Å². The molecule has 0 unspecified atom stereocenters. The van der Waals surface area contributed by atoms with Gasteiger partial charge in [0, 0.05) is 13.1 Å². The number of methoxy groups -OCH3 is 3. The molecule has 0 fully saturated rings. The molecule has 0 atom stereocenters. The van der Waals surface area contributed by atoms with Gasteiger partial charge in [0.1, 0.15) is 0 Å². The van der Waals surface area contributed by atoms with Crippen molar-refractivity contribution in [2.24, 2.45) is 0 Å². The molecule has 1 heterocycles. The lowest BCUT2D eigenvalue weighted by Crippen LogP contribution is -2.38. The third-order valence-corrected chi connectivity index (χ3v) is 4.78. The van der Waals surface area contributed by atoms with Crippen LogP contribution in [-0.2, 0) is 22.5 Å². The molecular weight excluding hydrogens is 381 g/mol. The lowest BCUT2D eigenvalue weighted by molar-refractivity contribution is -0.135. The topological polar surface area (TPSA) is 74.3 Å². The van der Waals surface area contributed by atoms with Crippen molar-refractivity contribution in [3.63, 3.8) is 0 Å². The normalized spacial score (nSPS) is 12.8. The highest BCUT2D eigenvalue weighted by atomic mass is 19.1. The largest absolute Gasteiger partial charge is 0.494 e. The van der Waals surface area contributed by atoms with Crippen molar-refractivity contribution in [3.05, 3.63) is 52.8 Å². The predicted molar refractivity (Wildman–Crippen MR) is 102 cm³/mol. The summed E-state index contributed by atoms with van der Waals surface area (Å²) in [5.74, 6) is -0.515. The number of carbonyl (C=O) groups is 2. The number of esters is 1. The van der Waals surface area contributed by atoms with Crippen LogP contribution in [0.5, 0.6) is 17.2 Å². The highest BCUT2D eigenvalue weighted by Gasteiger charge is 2.24. The minimum atomic E-state index is -0.774. The van der Waals surface area contributed by atoms with Crippen LogP contribution in [0.3, 0.4) is 0 Å². The van der Waals surface area contributed by atoms with Crippen LogP contribution in [0, 0.1) is 5.82 Å². The Labute approximate surface area is 167 Å². The van der Waals surface area contributed by atoms with Gasteiger partial charge in [0.05, 0.1) is 26.9 Å². The third-order valence-electron chi connectivity index (χ3n) is 4.78. The van der Waals surface area contributed by atoms with Crippen molar-refractivity contribution in [1.29, 1.82) is 0 Å². The molecule has 2 aromatic carbocycles. The molecule has 0 aliphatic carbocycles. The molecule has 1 aliphatic heterocycles. The minimum Gasteiger partial charge on any atom is -0.494 e. The molecular formula is C21H22FNO6. The van der Waals surface area contributed by atoms with Crippen LogP contribution in [0.1, 0.15) is 21.5 Å². The lowest BCUT2D eigenvalue weighted by atomic mass is 9.99. The Morgan fingerprint density at radius 2 is 1.62 bits per heavy atom. The summed E-state index contributed by atoms with van der Waals surface area (Å²) in [6.07, 6.45) is 0.652.